The second kappa shape index (κ2) is 3.31. The molecule has 0 atom stereocenters. The molecule has 2 N–H and O–H groups in total. The van der Waals surface area contributed by atoms with Gasteiger partial charge in [-0.25, -0.2) is 8.78 Å². The van der Waals surface area contributed by atoms with E-state index in [0.717, 1.165) is 0 Å². The normalized spacial score (nSPS) is 9.77. The third-order valence-corrected chi connectivity index (χ3v) is 1.36. The predicted molar refractivity (Wildman–Crippen MR) is 38.4 cm³/mol. The summed E-state index contributed by atoms with van der Waals surface area (Å²) >= 11 is 0. The number of hydrogen-bond donors (Lipinski definition) is 2. The highest BCUT2D eigenvalue weighted by Gasteiger charge is 2.17. The van der Waals surface area contributed by atoms with Crippen molar-refractivity contribution >= 4 is 11.4 Å². The first-order valence-corrected chi connectivity index (χ1v) is 3.10. The Morgan fingerprint density at radius 1 is 1.38 bits per heavy atom. The SMILES string of the molecule is O=[N+]([O-])c1cc(F)c(F)cc1NO. The van der Waals surface area contributed by atoms with Gasteiger partial charge in [0.1, 0.15) is 5.69 Å². The maximum Gasteiger partial charge on any atom is 0.297 e. The highest BCUT2D eigenvalue weighted by atomic mass is 19.2. The molecule has 0 amide bonds. The number of nitrogens with one attached hydrogen (secondary N) is 1. The van der Waals surface area contributed by atoms with E-state index in [1.165, 1.54) is 5.48 Å². The number of benzene rings is 1. The van der Waals surface area contributed by atoms with Gasteiger partial charge in [-0.15, -0.1) is 0 Å². The second-order valence-electron chi connectivity index (χ2n) is 2.15. The first-order valence-electron chi connectivity index (χ1n) is 3.10. The van der Waals surface area contributed by atoms with E-state index in [9.17, 15) is 18.9 Å². The third-order valence-electron chi connectivity index (χ3n) is 1.36. The molecule has 0 aliphatic heterocycles. The summed E-state index contributed by atoms with van der Waals surface area (Å²) < 4.78 is 24.9. The smallest absolute Gasteiger partial charge is 0.291 e. The number of hydrogen-bond acceptors (Lipinski definition) is 4. The van der Waals surface area contributed by atoms with Gasteiger partial charge < -0.3 is 0 Å². The Hall–Kier alpha value is -1.76. The average Bonchev–Trinajstić information content (AvgIpc) is 2.08. The molecule has 0 bridgehead atoms. The molecule has 0 unspecified atom stereocenters. The Morgan fingerprint density at radius 2 is 1.92 bits per heavy atom. The molecule has 7 heteroatoms. The molecule has 0 spiro atoms. The predicted octanol–water partition coefficient (Wildman–Crippen LogP) is 1.67. The van der Waals surface area contributed by atoms with Crippen LogP contribution in [0.4, 0.5) is 20.2 Å². The molecule has 0 fully saturated rings. The van der Waals surface area contributed by atoms with Gasteiger partial charge in [-0.05, 0) is 0 Å². The molecule has 5 nitrogen and oxygen atoms in total. The van der Waals surface area contributed by atoms with E-state index < -0.39 is 27.9 Å². The first kappa shape index (κ1) is 9.33. The lowest BCUT2D eigenvalue weighted by molar-refractivity contribution is -0.384. The van der Waals surface area contributed by atoms with Gasteiger partial charge in [0, 0.05) is 6.07 Å². The van der Waals surface area contributed by atoms with E-state index in [2.05, 4.69) is 0 Å². The highest BCUT2D eigenvalue weighted by molar-refractivity contribution is 5.60. The van der Waals surface area contributed by atoms with Crippen LogP contribution in [0, 0.1) is 21.7 Å². The van der Waals surface area contributed by atoms with Crippen molar-refractivity contribution < 1.29 is 18.9 Å². The fourth-order valence-corrected chi connectivity index (χ4v) is 0.777. The molecule has 0 aromatic heterocycles. The topological polar surface area (TPSA) is 75.4 Å². The molecule has 0 aliphatic rings. The summed E-state index contributed by atoms with van der Waals surface area (Å²) in [4.78, 5) is 9.27. The molecular formula is C6H4F2N2O3. The van der Waals surface area contributed by atoms with Crippen LogP contribution in [0.2, 0.25) is 0 Å². The number of anilines is 1. The molecular weight excluding hydrogens is 186 g/mol. The molecule has 0 saturated heterocycles. The van der Waals surface area contributed by atoms with E-state index in [4.69, 9.17) is 5.21 Å². The minimum absolute atomic E-state index is 0.383. The van der Waals surface area contributed by atoms with Gasteiger partial charge in [0.25, 0.3) is 5.69 Å². The summed E-state index contributed by atoms with van der Waals surface area (Å²) in [6, 6.07) is 0.876. The number of halogens is 2. The van der Waals surface area contributed by atoms with E-state index in [1.807, 2.05) is 0 Å². The molecule has 0 heterocycles. The zero-order valence-electron chi connectivity index (χ0n) is 6.12. The Bertz CT molecular complexity index is 356. The summed E-state index contributed by atoms with van der Waals surface area (Å²) in [5, 5.41) is 18.5. The van der Waals surface area contributed by atoms with E-state index in [1.54, 1.807) is 0 Å². The van der Waals surface area contributed by atoms with Crippen LogP contribution in [-0.2, 0) is 0 Å². The van der Waals surface area contributed by atoms with Crippen molar-refractivity contribution in [1.82, 2.24) is 0 Å². The summed E-state index contributed by atoms with van der Waals surface area (Å²) in [7, 11) is 0. The molecule has 0 radical (unpaired) electrons. The molecule has 70 valence electrons. The average molecular weight is 190 g/mol. The number of nitro benzene ring substituents is 1. The monoisotopic (exact) mass is 190 g/mol. The summed E-state index contributed by atoms with van der Waals surface area (Å²) in [5.41, 5.74) is 0.165. The lowest BCUT2D eigenvalue weighted by atomic mass is 10.2. The Morgan fingerprint density at radius 3 is 2.38 bits per heavy atom. The van der Waals surface area contributed by atoms with Gasteiger partial charge in [0.2, 0.25) is 0 Å². The Balaban J connectivity index is 3.33. The van der Waals surface area contributed by atoms with Crippen molar-refractivity contribution in [2.45, 2.75) is 0 Å². The van der Waals surface area contributed by atoms with Crippen LogP contribution >= 0.6 is 0 Å². The lowest BCUT2D eigenvalue weighted by Crippen LogP contribution is -1.99. The zero-order chi connectivity index (χ0) is 10.0. The summed E-state index contributed by atoms with van der Waals surface area (Å²) in [5.74, 6) is -2.62. The quantitative estimate of drug-likeness (QED) is 0.549. The Kier molecular flexibility index (Phi) is 2.38. The van der Waals surface area contributed by atoms with Crippen molar-refractivity contribution in [2.24, 2.45) is 0 Å². The molecule has 1 aromatic rings. The maximum absolute atomic E-state index is 12.5. The van der Waals surface area contributed by atoms with Crippen molar-refractivity contribution in [3.05, 3.63) is 33.9 Å². The minimum atomic E-state index is -1.34. The van der Waals surface area contributed by atoms with Crippen molar-refractivity contribution in [3.8, 4) is 0 Å². The maximum atomic E-state index is 12.5. The first-order chi connectivity index (χ1) is 6.06. The van der Waals surface area contributed by atoms with Crippen LogP contribution in [0.5, 0.6) is 0 Å². The minimum Gasteiger partial charge on any atom is -0.291 e. The van der Waals surface area contributed by atoms with E-state index in [-0.39, 0.29) is 0 Å². The third kappa shape index (κ3) is 1.70. The van der Waals surface area contributed by atoms with Crippen LogP contribution in [0.25, 0.3) is 0 Å². The van der Waals surface area contributed by atoms with Crippen molar-refractivity contribution in [3.63, 3.8) is 0 Å². The van der Waals surface area contributed by atoms with Gasteiger partial charge in [0.15, 0.2) is 11.6 Å². The van der Waals surface area contributed by atoms with Crippen molar-refractivity contribution in [2.75, 3.05) is 5.48 Å². The van der Waals surface area contributed by atoms with Crippen LogP contribution in [0.3, 0.4) is 0 Å². The number of nitro groups is 1. The summed E-state index contributed by atoms with van der Waals surface area (Å²) in [6.07, 6.45) is 0. The molecule has 0 saturated carbocycles. The van der Waals surface area contributed by atoms with Crippen LogP contribution in [0.15, 0.2) is 12.1 Å². The standard InChI is InChI=1S/C6H4F2N2O3/c7-3-1-5(9-11)6(10(12)13)2-4(3)8/h1-2,9,11H. The molecule has 0 aliphatic carbocycles. The van der Waals surface area contributed by atoms with Crippen LogP contribution < -0.4 is 5.48 Å². The van der Waals surface area contributed by atoms with Gasteiger partial charge >= 0.3 is 0 Å². The highest BCUT2D eigenvalue weighted by Crippen LogP contribution is 2.26. The lowest BCUT2D eigenvalue weighted by Gasteiger charge is -2.00. The number of rotatable bonds is 2. The second-order valence-corrected chi connectivity index (χ2v) is 2.15. The fraction of sp³-hybridized carbons (Fsp3) is 0. The van der Waals surface area contributed by atoms with E-state index in [0.29, 0.717) is 12.1 Å². The van der Waals surface area contributed by atoms with Crippen molar-refractivity contribution in [1.29, 1.82) is 0 Å². The molecule has 1 rings (SSSR count). The molecule has 13 heavy (non-hydrogen) atoms. The Labute approximate surface area is 70.7 Å². The van der Waals surface area contributed by atoms with Crippen LogP contribution in [0.1, 0.15) is 0 Å². The van der Waals surface area contributed by atoms with Gasteiger partial charge in [0.05, 0.1) is 11.0 Å². The fourth-order valence-electron chi connectivity index (χ4n) is 0.777. The van der Waals surface area contributed by atoms with Crippen LogP contribution in [-0.4, -0.2) is 10.1 Å². The van der Waals surface area contributed by atoms with Gasteiger partial charge in [-0.1, -0.05) is 0 Å². The molecule has 1 aromatic carbocycles. The van der Waals surface area contributed by atoms with Gasteiger partial charge in [-0.3, -0.25) is 20.8 Å². The van der Waals surface area contributed by atoms with E-state index >= 15 is 0 Å². The largest absolute Gasteiger partial charge is 0.297 e. The number of nitrogens with zero attached hydrogens (tertiary/aromatic N) is 1. The zero-order valence-corrected chi connectivity index (χ0v) is 6.12. The van der Waals surface area contributed by atoms with Gasteiger partial charge in [-0.2, -0.15) is 0 Å². The summed E-state index contributed by atoms with van der Waals surface area (Å²) in [6.45, 7) is 0.